The number of amides is 4. The van der Waals surface area contributed by atoms with Crippen molar-refractivity contribution in [3.8, 4) is 0 Å². The summed E-state index contributed by atoms with van der Waals surface area (Å²) in [4.78, 5) is 75.1. The molecule has 0 aromatic heterocycles. The Hall–Kier alpha value is -3.71. The van der Waals surface area contributed by atoms with Gasteiger partial charge in [0.2, 0.25) is 5.91 Å². The molecule has 1 saturated heterocycles. The van der Waals surface area contributed by atoms with Crippen molar-refractivity contribution in [1.29, 1.82) is 0 Å². The van der Waals surface area contributed by atoms with E-state index >= 15 is 0 Å². The fraction of sp³-hybridized carbons (Fsp3) is 0.364. The minimum Gasteiger partial charge on any atom is -0.480 e. The van der Waals surface area contributed by atoms with E-state index in [0.717, 1.165) is 4.90 Å². The van der Waals surface area contributed by atoms with E-state index in [4.69, 9.17) is 0 Å². The number of hydrogen-bond acceptors (Lipinski definition) is 8. The lowest BCUT2D eigenvalue weighted by atomic mass is 10.0. The van der Waals surface area contributed by atoms with Crippen LogP contribution in [0.1, 0.15) is 40.0 Å². The van der Waals surface area contributed by atoms with Crippen molar-refractivity contribution in [2.24, 2.45) is 0 Å². The second kappa shape index (κ2) is 9.50. The molecule has 12 nitrogen and oxygen atoms in total. The van der Waals surface area contributed by atoms with Crippen LogP contribution in [0.25, 0.3) is 0 Å². The lowest BCUT2D eigenvalue weighted by Gasteiger charge is -2.49. The van der Waals surface area contributed by atoms with Gasteiger partial charge in [-0.15, -0.1) is 11.8 Å². The van der Waals surface area contributed by atoms with Gasteiger partial charge in [0.1, 0.15) is 23.2 Å². The number of carbonyl (C=O) groups is 6. The smallest absolute Gasteiger partial charge is 0.352 e. The molecule has 2 unspecified atom stereocenters. The second-order valence-corrected chi connectivity index (χ2v) is 9.25. The molecule has 3 atom stereocenters. The highest BCUT2D eigenvalue weighted by molar-refractivity contribution is 8.00. The lowest BCUT2D eigenvalue weighted by molar-refractivity contribution is -0.150. The Bertz CT molecular complexity index is 1150. The van der Waals surface area contributed by atoms with Crippen LogP contribution in [-0.4, -0.2) is 90.5 Å². The molecule has 1 fully saturated rings. The number of carbonyl (C=O) groups excluding carboxylic acids is 4. The average molecular weight is 503 g/mol. The first-order valence-electron chi connectivity index (χ1n) is 10.7. The first-order valence-corrected chi connectivity index (χ1v) is 11.7. The van der Waals surface area contributed by atoms with Gasteiger partial charge in [-0.05, 0) is 30.5 Å². The molecule has 4 amide bonds. The third-order valence-corrected chi connectivity index (χ3v) is 7.40. The summed E-state index contributed by atoms with van der Waals surface area (Å²) in [7, 11) is 0. The minimum atomic E-state index is -1.45. The van der Waals surface area contributed by atoms with E-state index < -0.39 is 59.6 Å². The Balaban J connectivity index is 1.34. The van der Waals surface area contributed by atoms with E-state index in [1.54, 1.807) is 12.1 Å². The van der Waals surface area contributed by atoms with Crippen molar-refractivity contribution in [2.75, 3.05) is 12.4 Å². The Morgan fingerprint density at radius 2 is 1.71 bits per heavy atom. The number of carboxylic acid groups (broad SMARTS) is 2. The zero-order valence-electron chi connectivity index (χ0n) is 18.2. The average Bonchev–Trinajstić information content (AvgIpc) is 3.08. The number of benzene rings is 1. The summed E-state index contributed by atoms with van der Waals surface area (Å²) in [5, 5.41) is 30.3. The van der Waals surface area contributed by atoms with Crippen LogP contribution in [0.2, 0.25) is 0 Å². The molecule has 184 valence electrons. The predicted octanol–water partition coefficient (Wildman–Crippen LogP) is -0.363. The number of β-lactam (4-membered cyclic amide) rings is 1. The zero-order chi connectivity index (χ0) is 25.4. The Labute approximate surface area is 202 Å². The van der Waals surface area contributed by atoms with Crippen LogP contribution >= 0.6 is 11.8 Å². The molecule has 35 heavy (non-hydrogen) atoms. The maximum absolute atomic E-state index is 12.6. The van der Waals surface area contributed by atoms with Gasteiger partial charge in [0.05, 0.1) is 17.7 Å². The van der Waals surface area contributed by atoms with Crippen LogP contribution in [0.3, 0.4) is 0 Å². The van der Waals surface area contributed by atoms with E-state index in [9.17, 15) is 44.1 Å². The summed E-state index contributed by atoms with van der Waals surface area (Å²) in [6, 6.07) is 3.62. The van der Waals surface area contributed by atoms with Crippen LogP contribution in [0.4, 0.5) is 0 Å². The monoisotopic (exact) mass is 503 g/mol. The number of aliphatic carboxylic acids is 2. The molecule has 0 spiro atoms. The number of aliphatic hydroxyl groups excluding tert-OH is 1. The molecule has 0 aliphatic carbocycles. The molecular weight excluding hydrogens is 482 g/mol. The maximum atomic E-state index is 12.6. The van der Waals surface area contributed by atoms with E-state index in [-0.39, 0.29) is 47.4 Å². The van der Waals surface area contributed by atoms with Gasteiger partial charge in [0, 0.05) is 12.2 Å². The molecule has 1 aromatic carbocycles. The molecule has 0 radical (unpaired) electrons. The third kappa shape index (κ3) is 4.17. The highest BCUT2D eigenvalue weighted by atomic mass is 32.2. The van der Waals surface area contributed by atoms with Gasteiger partial charge < -0.3 is 20.6 Å². The highest BCUT2D eigenvalue weighted by Gasteiger charge is 2.54. The Kier molecular flexibility index (Phi) is 6.63. The number of fused-ring (bicyclic) bond motifs is 2. The molecular formula is C22H21N3O9S. The maximum Gasteiger partial charge on any atom is 0.352 e. The van der Waals surface area contributed by atoms with Gasteiger partial charge in [-0.3, -0.25) is 29.0 Å². The van der Waals surface area contributed by atoms with Gasteiger partial charge >= 0.3 is 11.9 Å². The van der Waals surface area contributed by atoms with Crippen LogP contribution in [0, 0.1) is 0 Å². The standard InChI is InChI=1S/C22H21N3O9S/c26-8-10-9-35-20-15(19(30)25(20)16(10)22(33)34)23-14(27)7-3-6-13(21(31)32)24-17(28)11-4-1-2-5-12(11)18(24)29/h1-2,4-5,13,15,20,26H,3,6-9H2,(H,23,27)(H,31,32)(H,33,34)/t13?,15?,20-/m1/s1. The molecule has 1 aromatic rings. The van der Waals surface area contributed by atoms with Crippen LogP contribution < -0.4 is 5.32 Å². The van der Waals surface area contributed by atoms with E-state index in [2.05, 4.69) is 5.32 Å². The Morgan fingerprint density at radius 3 is 2.26 bits per heavy atom. The van der Waals surface area contributed by atoms with Crippen molar-refractivity contribution < 1.29 is 44.1 Å². The number of carboxylic acids is 2. The lowest BCUT2D eigenvalue weighted by Crippen LogP contribution is -2.70. The quantitative estimate of drug-likeness (QED) is 0.256. The Morgan fingerprint density at radius 1 is 1.09 bits per heavy atom. The van der Waals surface area contributed by atoms with Crippen molar-refractivity contribution in [2.45, 2.75) is 36.7 Å². The molecule has 4 N–H and O–H groups in total. The number of nitrogens with one attached hydrogen (secondary N) is 1. The summed E-state index contributed by atoms with van der Waals surface area (Å²) < 4.78 is 0. The van der Waals surface area contributed by atoms with Crippen LogP contribution in [-0.2, 0) is 19.2 Å². The molecule has 3 aliphatic heterocycles. The number of thioether (sulfide) groups is 1. The van der Waals surface area contributed by atoms with Gasteiger partial charge in [-0.2, -0.15) is 0 Å². The number of hydrogen-bond donors (Lipinski definition) is 4. The van der Waals surface area contributed by atoms with Gasteiger partial charge in [-0.1, -0.05) is 12.1 Å². The van der Waals surface area contributed by atoms with Crippen molar-refractivity contribution in [1.82, 2.24) is 15.1 Å². The fourth-order valence-corrected chi connectivity index (χ4v) is 5.70. The van der Waals surface area contributed by atoms with Crippen LogP contribution in [0.5, 0.6) is 0 Å². The molecule has 4 rings (SSSR count). The molecule has 0 saturated carbocycles. The van der Waals surface area contributed by atoms with Gasteiger partial charge in [-0.25, -0.2) is 9.59 Å². The number of rotatable bonds is 9. The first-order chi connectivity index (χ1) is 16.7. The molecule has 3 heterocycles. The number of nitrogens with zero attached hydrogens (tertiary/aromatic N) is 2. The number of aliphatic hydroxyl groups is 1. The largest absolute Gasteiger partial charge is 0.480 e. The first kappa shape index (κ1) is 24.4. The highest BCUT2D eigenvalue weighted by Crippen LogP contribution is 2.40. The summed E-state index contributed by atoms with van der Waals surface area (Å²) in [6.45, 7) is -0.500. The molecule has 13 heteroatoms. The predicted molar refractivity (Wildman–Crippen MR) is 119 cm³/mol. The summed E-state index contributed by atoms with van der Waals surface area (Å²) in [5.41, 5.74) is 0.180. The SMILES string of the molecule is O=C(CCCC(C(=O)O)N1C(=O)c2ccccc2C1=O)NC1C(=O)N2C(C(=O)O)=C(CO)CS[C@H]12. The second-order valence-electron chi connectivity index (χ2n) is 8.14. The molecule has 0 bridgehead atoms. The van der Waals surface area contributed by atoms with Gasteiger partial charge in [0.25, 0.3) is 17.7 Å². The zero-order valence-corrected chi connectivity index (χ0v) is 19.0. The van der Waals surface area contributed by atoms with Crippen molar-refractivity contribution in [3.63, 3.8) is 0 Å². The normalized spacial score (nSPS) is 21.9. The third-order valence-electron chi connectivity index (χ3n) is 6.06. The van der Waals surface area contributed by atoms with Crippen molar-refractivity contribution in [3.05, 3.63) is 46.7 Å². The molecule has 3 aliphatic rings. The van der Waals surface area contributed by atoms with E-state index in [1.165, 1.54) is 23.9 Å². The topological polar surface area (TPSA) is 182 Å². The minimum absolute atomic E-state index is 0.0214. The van der Waals surface area contributed by atoms with E-state index in [0.29, 0.717) is 4.90 Å². The summed E-state index contributed by atoms with van der Waals surface area (Å²) >= 11 is 1.21. The number of imide groups is 1. The fourth-order valence-electron chi connectivity index (χ4n) is 4.36. The van der Waals surface area contributed by atoms with Crippen LogP contribution in [0.15, 0.2) is 35.5 Å². The van der Waals surface area contributed by atoms with Crippen molar-refractivity contribution >= 4 is 47.3 Å². The van der Waals surface area contributed by atoms with Gasteiger partial charge in [0.15, 0.2) is 0 Å². The van der Waals surface area contributed by atoms with E-state index in [1.807, 2.05) is 0 Å². The summed E-state index contributed by atoms with van der Waals surface area (Å²) in [5.74, 6) is -5.11. The summed E-state index contributed by atoms with van der Waals surface area (Å²) in [6.07, 6.45) is -0.311.